The van der Waals surface area contributed by atoms with Crippen molar-refractivity contribution in [3.63, 3.8) is 0 Å². The molecule has 2 aromatic carbocycles. The Morgan fingerprint density at radius 3 is 2.70 bits per heavy atom. The van der Waals surface area contributed by atoms with Crippen LogP contribution in [0.3, 0.4) is 0 Å². The second kappa shape index (κ2) is 4.66. The highest BCUT2D eigenvalue weighted by Gasteiger charge is 2.11. The monoisotopic (exact) mass is 281 g/mol. The molecule has 20 heavy (non-hydrogen) atoms. The average molecular weight is 282 g/mol. The Morgan fingerprint density at radius 1 is 1.20 bits per heavy atom. The zero-order chi connectivity index (χ0) is 14.3. The van der Waals surface area contributed by atoms with Crippen LogP contribution in [-0.2, 0) is 7.05 Å². The maximum Gasteiger partial charge on any atom is 0.140 e. The van der Waals surface area contributed by atoms with Gasteiger partial charge in [-0.15, -0.1) is 0 Å². The van der Waals surface area contributed by atoms with Crippen molar-refractivity contribution in [3.8, 4) is 17.5 Å². The zero-order valence-electron chi connectivity index (χ0n) is 11.2. The van der Waals surface area contributed by atoms with Crippen molar-refractivity contribution < 1.29 is 0 Å². The molecule has 0 atom stereocenters. The summed E-state index contributed by atoms with van der Waals surface area (Å²) in [5.41, 5.74) is 4.52. The molecule has 1 heterocycles. The lowest BCUT2D eigenvalue weighted by molar-refractivity contribution is 0.959. The van der Waals surface area contributed by atoms with Gasteiger partial charge in [-0.2, -0.15) is 5.26 Å². The van der Waals surface area contributed by atoms with Crippen LogP contribution in [-0.4, -0.2) is 9.55 Å². The van der Waals surface area contributed by atoms with Crippen molar-refractivity contribution in [3.05, 3.63) is 52.5 Å². The van der Waals surface area contributed by atoms with Crippen molar-refractivity contribution in [1.29, 1.82) is 5.26 Å². The molecule has 0 N–H and O–H groups in total. The van der Waals surface area contributed by atoms with Gasteiger partial charge in [0.05, 0.1) is 22.7 Å². The molecule has 98 valence electrons. The fourth-order valence-electron chi connectivity index (χ4n) is 2.38. The largest absolute Gasteiger partial charge is 0.327 e. The molecule has 0 amide bonds. The molecular weight excluding hydrogens is 270 g/mol. The Morgan fingerprint density at radius 2 is 2.00 bits per heavy atom. The van der Waals surface area contributed by atoms with E-state index in [1.54, 1.807) is 6.07 Å². The van der Waals surface area contributed by atoms with Gasteiger partial charge in [-0.1, -0.05) is 11.6 Å². The van der Waals surface area contributed by atoms with Gasteiger partial charge in [0.15, 0.2) is 0 Å². The van der Waals surface area contributed by atoms with Crippen LogP contribution in [0.1, 0.15) is 11.1 Å². The van der Waals surface area contributed by atoms with E-state index in [1.807, 2.05) is 42.8 Å². The summed E-state index contributed by atoms with van der Waals surface area (Å²) in [6.07, 6.45) is 0. The van der Waals surface area contributed by atoms with E-state index in [1.165, 1.54) is 0 Å². The molecule has 0 radical (unpaired) electrons. The second-order valence-electron chi connectivity index (χ2n) is 4.83. The van der Waals surface area contributed by atoms with Gasteiger partial charge in [0, 0.05) is 17.6 Å². The number of nitriles is 1. The number of hydrogen-bond acceptors (Lipinski definition) is 2. The summed E-state index contributed by atoms with van der Waals surface area (Å²) in [5.74, 6) is 0.848. The van der Waals surface area contributed by atoms with Gasteiger partial charge in [0.25, 0.3) is 0 Å². The van der Waals surface area contributed by atoms with Crippen LogP contribution in [0, 0.1) is 18.3 Å². The first-order chi connectivity index (χ1) is 9.58. The third-order valence-electron chi connectivity index (χ3n) is 3.31. The SMILES string of the molecule is Cc1cc(Cl)cc(-c2nc3ccc(C#N)cc3n2C)c1. The number of benzene rings is 2. The first kappa shape index (κ1) is 12.7. The van der Waals surface area contributed by atoms with E-state index in [0.717, 1.165) is 28.0 Å². The van der Waals surface area contributed by atoms with Gasteiger partial charge in [-0.3, -0.25) is 0 Å². The van der Waals surface area contributed by atoms with E-state index in [0.29, 0.717) is 10.6 Å². The van der Waals surface area contributed by atoms with Crippen LogP contribution in [0.2, 0.25) is 5.02 Å². The summed E-state index contributed by atoms with van der Waals surface area (Å²) in [5, 5.41) is 9.69. The highest BCUT2D eigenvalue weighted by atomic mass is 35.5. The van der Waals surface area contributed by atoms with Gasteiger partial charge >= 0.3 is 0 Å². The lowest BCUT2D eigenvalue weighted by Gasteiger charge is -2.04. The molecule has 3 nitrogen and oxygen atoms in total. The highest BCUT2D eigenvalue weighted by molar-refractivity contribution is 6.30. The van der Waals surface area contributed by atoms with Crippen LogP contribution in [0.4, 0.5) is 0 Å². The van der Waals surface area contributed by atoms with E-state index in [9.17, 15) is 0 Å². The van der Waals surface area contributed by atoms with Crippen LogP contribution >= 0.6 is 11.6 Å². The maximum atomic E-state index is 8.99. The van der Waals surface area contributed by atoms with Crippen molar-refractivity contribution in [2.45, 2.75) is 6.92 Å². The molecule has 0 fully saturated rings. The summed E-state index contributed by atoms with van der Waals surface area (Å²) in [7, 11) is 1.95. The Kier molecular flexibility index (Phi) is 2.96. The minimum Gasteiger partial charge on any atom is -0.327 e. The fourth-order valence-corrected chi connectivity index (χ4v) is 2.67. The Hall–Kier alpha value is -2.31. The zero-order valence-corrected chi connectivity index (χ0v) is 11.9. The van der Waals surface area contributed by atoms with E-state index in [-0.39, 0.29) is 0 Å². The summed E-state index contributed by atoms with van der Waals surface area (Å²) in [4.78, 5) is 4.64. The predicted octanol–water partition coefficient (Wildman–Crippen LogP) is 4.07. The molecule has 4 heteroatoms. The molecule has 0 saturated carbocycles. The number of nitrogens with zero attached hydrogens (tertiary/aromatic N) is 3. The maximum absolute atomic E-state index is 8.99. The topological polar surface area (TPSA) is 41.6 Å². The number of fused-ring (bicyclic) bond motifs is 1. The van der Waals surface area contributed by atoms with E-state index >= 15 is 0 Å². The third-order valence-corrected chi connectivity index (χ3v) is 3.53. The molecule has 0 aliphatic rings. The van der Waals surface area contributed by atoms with Gasteiger partial charge in [0.2, 0.25) is 0 Å². The Balaban J connectivity index is 2.27. The average Bonchev–Trinajstić information content (AvgIpc) is 2.74. The van der Waals surface area contributed by atoms with Gasteiger partial charge in [0.1, 0.15) is 5.82 Å². The van der Waals surface area contributed by atoms with Crippen LogP contribution in [0.5, 0.6) is 0 Å². The van der Waals surface area contributed by atoms with Crippen LogP contribution in [0.25, 0.3) is 22.4 Å². The Labute approximate surface area is 122 Å². The van der Waals surface area contributed by atoms with Crippen LogP contribution in [0.15, 0.2) is 36.4 Å². The van der Waals surface area contributed by atoms with Gasteiger partial charge in [-0.25, -0.2) is 4.98 Å². The highest BCUT2D eigenvalue weighted by Crippen LogP contribution is 2.27. The Bertz CT molecular complexity index is 836. The number of imidazole rings is 1. The molecule has 0 saturated heterocycles. The standard InChI is InChI=1S/C16H12ClN3/c1-10-5-12(8-13(17)6-10)16-19-14-4-3-11(9-18)7-15(14)20(16)2/h3-8H,1-2H3. The summed E-state index contributed by atoms with van der Waals surface area (Å²) in [6, 6.07) is 13.5. The van der Waals surface area contributed by atoms with Gasteiger partial charge in [-0.05, 0) is 48.9 Å². The second-order valence-corrected chi connectivity index (χ2v) is 5.26. The summed E-state index contributed by atoms with van der Waals surface area (Å²) >= 11 is 6.12. The first-order valence-corrected chi connectivity index (χ1v) is 6.60. The molecule has 0 aliphatic carbocycles. The smallest absolute Gasteiger partial charge is 0.140 e. The minimum atomic E-state index is 0.634. The molecular formula is C16H12ClN3. The van der Waals surface area contributed by atoms with Crippen molar-refractivity contribution in [2.24, 2.45) is 7.05 Å². The molecule has 0 unspecified atom stereocenters. The summed E-state index contributed by atoms with van der Waals surface area (Å²) in [6.45, 7) is 2.01. The van der Waals surface area contributed by atoms with E-state index in [2.05, 4.69) is 17.1 Å². The first-order valence-electron chi connectivity index (χ1n) is 6.22. The molecule has 0 aliphatic heterocycles. The van der Waals surface area contributed by atoms with Crippen molar-refractivity contribution >= 4 is 22.6 Å². The number of aromatic nitrogens is 2. The van der Waals surface area contributed by atoms with E-state index in [4.69, 9.17) is 16.9 Å². The van der Waals surface area contributed by atoms with Gasteiger partial charge < -0.3 is 4.57 Å². The normalized spacial score (nSPS) is 10.7. The van der Waals surface area contributed by atoms with E-state index < -0.39 is 0 Å². The number of aryl methyl sites for hydroxylation is 2. The number of rotatable bonds is 1. The molecule has 3 aromatic rings. The van der Waals surface area contributed by atoms with Crippen molar-refractivity contribution in [2.75, 3.05) is 0 Å². The minimum absolute atomic E-state index is 0.634. The fraction of sp³-hybridized carbons (Fsp3) is 0.125. The molecule has 3 rings (SSSR count). The number of halogens is 1. The van der Waals surface area contributed by atoms with Crippen molar-refractivity contribution in [1.82, 2.24) is 9.55 Å². The third kappa shape index (κ3) is 2.04. The molecule has 1 aromatic heterocycles. The lowest BCUT2D eigenvalue weighted by Crippen LogP contribution is -1.93. The molecule has 0 bridgehead atoms. The lowest BCUT2D eigenvalue weighted by atomic mass is 10.1. The summed E-state index contributed by atoms with van der Waals surface area (Å²) < 4.78 is 1.99. The molecule has 0 spiro atoms. The van der Waals surface area contributed by atoms with Crippen LogP contribution < -0.4 is 0 Å². The predicted molar refractivity (Wildman–Crippen MR) is 80.6 cm³/mol. The quantitative estimate of drug-likeness (QED) is 0.674. The number of hydrogen-bond donors (Lipinski definition) is 0.